The molecule has 3 amide bonds. The minimum absolute atomic E-state index is 0.0189. The summed E-state index contributed by atoms with van der Waals surface area (Å²) in [7, 11) is 3.23. The average Bonchev–Trinajstić information content (AvgIpc) is 3.37. The number of hydrogen-bond donors (Lipinski definition) is 1. The first-order valence-electron chi connectivity index (χ1n) is 13.1. The normalized spacial score (nSPS) is 10.7. The van der Waals surface area contributed by atoms with Crippen LogP contribution in [0, 0.1) is 6.92 Å². The topological polar surface area (TPSA) is 71.1 Å². The fourth-order valence-electron chi connectivity index (χ4n) is 4.09. The summed E-state index contributed by atoms with van der Waals surface area (Å²) in [6, 6.07) is 17.4. The highest BCUT2D eigenvalue weighted by molar-refractivity contribution is 7.98. The van der Waals surface area contributed by atoms with Crippen LogP contribution >= 0.6 is 23.1 Å². The number of ether oxygens (including phenoxy) is 2. The second-order valence-corrected chi connectivity index (χ2v) is 11.5. The number of aryl methyl sites for hydroxylation is 1. The standard InChI is InChI=1S/C30H39N3O4S2/c1-6-7-17-33(30(35)31-24-10-13-25(38-5)14-11-24)21-29(34)32(20-26-12-8-22(2)39-26)18-16-23-9-15-27(36-3)28(19-23)37-4/h8-15,19H,6-7,16-18,20-21H2,1-5H3,(H,31,35). The molecular formula is C30H39N3O4S2. The van der Waals surface area contributed by atoms with E-state index in [0.29, 0.717) is 43.2 Å². The summed E-state index contributed by atoms with van der Waals surface area (Å²) in [4.78, 5) is 33.8. The molecule has 7 nitrogen and oxygen atoms in total. The Morgan fingerprint density at radius 1 is 0.949 bits per heavy atom. The molecule has 0 spiro atoms. The number of methoxy groups -OCH3 is 2. The second-order valence-electron chi connectivity index (χ2n) is 9.20. The van der Waals surface area contributed by atoms with Gasteiger partial charge in [0.15, 0.2) is 11.5 Å². The van der Waals surface area contributed by atoms with Crippen LogP contribution in [0.4, 0.5) is 10.5 Å². The van der Waals surface area contributed by atoms with Crippen LogP contribution in [0.5, 0.6) is 11.5 Å². The van der Waals surface area contributed by atoms with Crippen molar-refractivity contribution in [3.63, 3.8) is 0 Å². The second kappa shape index (κ2) is 15.4. The average molecular weight is 570 g/mol. The summed E-state index contributed by atoms with van der Waals surface area (Å²) >= 11 is 3.33. The fourth-order valence-corrected chi connectivity index (χ4v) is 5.41. The van der Waals surface area contributed by atoms with E-state index in [4.69, 9.17) is 9.47 Å². The molecule has 2 aromatic carbocycles. The van der Waals surface area contributed by atoms with Gasteiger partial charge in [-0.15, -0.1) is 23.1 Å². The lowest BCUT2D eigenvalue weighted by atomic mass is 10.1. The van der Waals surface area contributed by atoms with E-state index in [-0.39, 0.29) is 18.5 Å². The molecular weight excluding hydrogens is 530 g/mol. The predicted molar refractivity (Wildman–Crippen MR) is 161 cm³/mol. The fraction of sp³-hybridized carbons (Fsp3) is 0.400. The summed E-state index contributed by atoms with van der Waals surface area (Å²) in [5.41, 5.74) is 1.76. The highest BCUT2D eigenvalue weighted by Gasteiger charge is 2.22. The third kappa shape index (κ3) is 9.21. The molecule has 1 heterocycles. The number of nitrogens with zero attached hydrogens (tertiary/aromatic N) is 2. The molecule has 0 saturated heterocycles. The number of urea groups is 1. The van der Waals surface area contributed by atoms with Crippen molar-refractivity contribution in [1.29, 1.82) is 0 Å². The predicted octanol–water partition coefficient (Wildman–Crippen LogP) is 6.70. The maximum Gasteiger partial charge on any atom is 0.322 e. The molecule has 3 aromatic rings. The van der Waals surface area contributed by atoms with Gasteiger partial charge in [0.05, 0.1) is 20.8 Å². The summed E-state index contributed by atoms with van der Waals surface area (Å²) in [6.45, 7) is 5.69. The molecule has 39 heavy (non-hydrogen) atoms. The van der Waals surface area contributed by atoms with E-state index >= 15 is 0 Å². The van der Waals surface area contributed by atoms with Gasteiger partial charge in [0, 0.05) is 33.4 Å². The minimum atomic E-state index is -0.263. The zero-order valence-electron chi connectivity index (χ0n) is 23.5. The lowest BCUT2D eigenvalue weighted by molar-refractivity contribution is -0.132. The van der Waals surface area contributed by atoms with Crippen molar-refractivity contribution in [2.24, 2.45) is 0 Å². The van der Waals surface area contributed by atoms with Gasteiger partial charge in [-0.3, -0.25) is 4.79 Å². The molecule has 1 N–H and O–H groups in total. The number of thioether (sulfide) groups is 1. The van der Waals surface area contributed by atoms with Gasteiger partial charge in [0.25, 0.3) is 0 Å². The number of thiophene rings is 1. The first-order valence-corrected chi connectivity index (χ1v) is 15.1. The number of anilines is 1. The Hall–Kier alpha value is -3.17. The van der Waals surface area contributed by atoms with E-state index in [2.05, 4.69) is 31.3 Å². The first-order chi connectivity index (χ1) is 18.9. The van der Waals surface area contributed by atoms with Crippen LogP contribution < -0.4 is 14.8 Å². The van der Waals surface area contributed by atoms with Crippen molar-refractivity contribution >= 4 is 40.7 Å². The number of amides is 3. The number of nitrogens with one attached hydrogen (secondary N) is 1. The number of rotatable bonds is 14. The highest BCUT2D eigenvalue weighted by Crippen LogP contribution is 2.28. The monoisotopic (exact) mass is 569 g/mol. The van der Waals surface area contributed by atoms with Crippen LogP contribution in [0.2, 0.25) is 0 Å². The van der Waals surface area contributed by atoms with Crippen molar-refractivity contribution < 1.29 is 19.1 Å². The molecule has 0 atom stereocenters. The molecule has 210 valence electrons. The van der Waals surface area contributed by atoms with Crippen molar-refractivity contribution in [2.45, 2.75) is 44.6 Å². The minimum Gasteiger partial charge on any atom is -0.493 e. The van der Waals surface area contributed by atoms with Crippen molar-refractivity contribution in [2.75, 3.05) is 45.4 Å². The van der Waals surface area contributed by atoms with Gasteiger partial charge in [-0.05, 0) is 80.1 Å². The highest BCUT2D eigenvalue weighted by atomic mass is 32.2. The molecule has 0 unspecified atom stereocenters. The molecule has 3 rings (SSSR count). The molecule has 1 aromatic heterocycles. The van der Waals surface area contributed by atoms with E-state index in [9.17, 15) is 9.59 Å². The maximum atomic E-state index is 13.7. The molecule has 0 aliphatic heterocycles. The van der Waals surface area contributed by atoms with Gasteiger partial charge in [-0.1, -0.05) is 19.4 Å². The molecule has 0 fully saturated rings. The summed E-state index contributed by atoms with van der Waals surface area (Å²) in [5, 5.41) is 2.96. The molecule has 0 bridgehead atoms. The van der Waals surface area contributed by atoms with Crippen molar-refractivity contribution in [3.8, 4) is 11.5 Å². The van der Waals surface area contributed by atoms with E-state index in [1.165, 1.54) is 4.88 Å². The molecule has 0 aliphatic carbocycles. The van der Waals surface area contributed by atoms with E-state index in [1.807, 2.05) is 53.6 Å². The van der Waals surface area contributed by atoms with E-state index < -0.39 is 0 Å². The Morgan fingerprint density at radius 3 is 2.31 bits per heavy atom. The Morgan fingerprint density at radius 2 is 1.69 bits per heavy atom. The number of carbonyl (C=O) groups is 2. The molecule has 0 aliphatic rings. The summed E-state index contributed by atoms with van der Waals surface area (Å²) in [5.74, 6) is 1.25. The third-order valence-electron chi connectivity index (χ3n) is 6.35. The Kier molecular flexibility index (Phi) is 12.0. The number of hydrogen-bond acceptors (Lipinski definition) is 6. The van der Waals surface area contributed by atoms with Gasteiger partial charge in [0.2, 0.25) is 5.91 Å². The van der Waals surface area contributed by atoms with E-state index in [0.717, 1.165) is 28.2 Å². The van der Waals surface area contributed by atoms with Crippen LogP contribution in [-0.2, 0) is 17.8 Å². The SMILES string of the molecule is CCCCN(CC(=O)N(CCc1ccc(OC)c(OC)c1)Cc1ccc(C)s1)C(=O)Nc1ccc(SC)cc1. The van der Waals surface area contributed by atoms with Gasteiger partial charge in [0.1, 0.15) is 6.54 Å². The van der Waals surface area contributed by atoms with Crippen LogP contribution in [0.1, 0.15) is 35.1 Å². The van der Waals surface area contributed by atoms with Crippen LogP contribution in [0.3, 0.4) is 0 Å². The first kappa shape index (κ1) is 30.4. The lowest BCUT2D eigenvalue weighted by Crippen LogP contribution is -2.45. The summed E-state index contributed by atoms with van der Waals surface area (Å²) < 4.78 is 10.8. The zero-order valence-corrected chi connectivity index (χ0v) is 25.1. The van der Waals surface area contributed by atoms with Crippen molar-refractivity contribution in [1.82, 2.24) is 9.80 Å². The molecule has 0 radical (unpaired) electrons. The van der Waals surface area contributed by atoms with Gasteiger partial charge < -0.3 is 24.6 Å². The molecule has 9 heteroatoms. The van der Waals surface area contributed by atoms with Crippen LogP contribution in [-0.4, -0.2) is 61.8 Å². The number of unbranched alkanes of at least 4 members (excludes halogenated alkanes) is 1. The lowest BCUT2D eigenvalue weighted by Gasteiger charge is -2.28. The largest absolute Gasteiger partial charge is 0.493 e. The van der Waals surface area contributed by atoms with E-state index in [1.54, 1.807) is 42.2 Å². The quantitative estimate of drug-likeness (QED) is 0.219. The van der Waals surface area contributed by atoms with Crippen LogP contribution in [0.25, 0.3) is 0 Å². The number of benzene rings is 2. The Bertz CT molecular complexity index is 1210. The summed E-state index contributed by atoms with van der Waals surface area (Å²) in [6.07, 6.45) is 4.42. The molecule has 0 saturated carbocycles. The van der Waals surface area contributed by atoms with Crippen LogP contribution in [0.15, 0.2) is 59.5 Å². The third-order valence-corrected chi connectivity index (χ3v) is 8.08. The Balaban J connectivity index is 1.74. The smallest absolute Gasteiger partial charge is 0.322 e. The number of carbonyl (C=O) groups excluding carboxylic acids is 2. The van der Waals surface area contributed by atoms with Gasteiger partial charge in [-0.25, -0.2) is 4.79 Å². The van der Waals surface area contributed by atoms with Crippen molar-refractivity contribution in [3.05, 3.63) is 69.9 Å². The maximum absolute atomic E-state index is 13.7. The Labute approximate surface area is 240 Å². The zero-order chi connectivity index (χ0) is 28.2. The van der Waals surface area contributed by atoms with Gasteiger partial charge in [-0.2, -0.15) is 0 Å². The van der Waals surface area contributed by atoms with Gasteiger partial charge >= 0.3 is 6.03 Å².